The van der Waals surface area contributed by atoms with Crippen LogP contribution in [0.15, 0.2) is 29.3 Å². The number of benzene rings is 1. The number of thioether (sulfide) groups is 1. The van der Waals surface area contributed by atoms with E-state index in [0.717, 1.165) is 22.9 Å². The zero-order chi connectivity index (χ0) is 14.4. The molecular weight excluding hydrogens is 274 g/mol. The molecule has 0 radical (unpaired) electrons. The fourth-order valence-electron chi connectivity index (χ4n) is 1.79. The van der Waals surface area contributed by atoms with Crippen molar-refractivity contribution in [2.45, 2.75) is 6.92 Å². The van der Waals surface area contributed by atoms with Crippen molar-refractivity contribution in [3.05, 3.63) is 35.4 Å². The van der Waals surface area contributed by atoms with E-state index in [1.807, 2.05) is 12.1 Å². The molecule has 2 rings (SSSR count). The molecule has 0 aromatic heterocycles. The van der Waals surface area contributed by atoms with Crippen LogP contribution in [-0.4, -0.2) is 42.2 Å². The van der Waals surface area contributed by atoms with Gasteiger partial charge in [-0.25, -0.2) is 0 Å². The Morgan fingerprint density at radius 2 is 1.90 bits per heavy atom. The molecule has 1 aliphatic heterocycles. The summed E-state index contributed by atoms with van der Waals surface area (Å²) in [6.07, 6.45) is 0. The van der Waals surface area contributed by atoms with E-state index in [1.165, 1.54) is 6.92 Å². The molecule has 1 aromatic carbocycles. The third kappa shape index (κ3) is 4.09. The van der Waals surface area contributed by atoms with Crippen molar-refractivity contribution in [3.63, 3.8) is 0 Å². The Balaban J connectivity index is 1.86. The highest BCUT2D eigenvalue weighted by Crippen LogP contribution is 2.19. The first-order valence-electron chi connectivity index (χ1n) is 6.47. The summed E-state index contributed by atoms with van der Waals surface area (Å²) in [7, 11) is 0. The standard InChI is InChI=1S/C14H17N3O2S/c1-10(18)15-6-7-16-13(19)11-2-4-12(5-3-11)14-17-8-9-20-14/h2-5H,6-9H2,1H3,(H,15,18)(H,16,19). The third-order valence-electron chi connectivity index (χ3n) is 2.76. The predicted octanol–water partition coefficient (Wildman–Crippen LogP) is 1.05. The molecule has 6 heteroatoms. The number of carbonyl (C=O) groups is 2. The Morgan fingerprint density at radius 1 is 1.20 bits per heavy atom. The van der Waals surface area contributed by atoms with Gasteiger partial charge in [-0.3, -0.25) is 14.6 Å². The predicted molar refractivity (Wildman–Crippen MR) is 81.3 cm³/mol. The monoisotopic (exact) mass is 291 g/mol. The lowest BCUT2D eigenvalue weighted by Crippen LogP contribution is -2.33. The lowest BCUT2D eigenvalue weighted by atomic mass is 10.1. The van der Waals surface area contributed by atoms with Gasteiger partial charge in [-0.05, 0) is 12.1 Å². The number of hydrogen-bond acceptors (Lipinski definition) is 4. The minimum absolute atomic E-state index is 0.0987. The van der Waals surface area contributed by atoms with Gasteiger partial charge in [0.15, 0.2) is 0 Å². The summed E-state index contributed by atoms with van der Waals surface area (Å²) in [6, 6.07) is 7.43. The largest absolute Gasteiger partial charge is 0.355 e. The summed E-state index contributed by atoms with van der Waals surface area (Å²) in [5.74, 6) is 0.794. The minimum atomic E-state index is -0.136. The van der Waals surface area contributed by atoms with Gasteiger partial charge in [0.25, 0.3) is 5.91 Å². The Labute approximate surface area is 122 Å². The molecular formula is C14H17N3O2S. The number of hydrogen-bond donors (Lipinski definition) is 2. The van der Waals surface area contributed by atoms with Crippen molar-refractivity contribution in [2.24, 2.45) is 4.99 Å². The minimum Gasteiger partial charge on any atom is -0.355 e. The van der Waals surface area contributed by atoms with Crippen LogP contribution in [0.4, 0.5) is 0 Å². The second-order valence-corrected chi connectivity index (χ2v) is 5.44. The molecule has 0 saturated carbocycles. The summed E-state index contributed by atoms with van der Waals surface area (Å²) < 4.78 is 0. The number of carbonyl (C=O) groups excluding carboxylic acids is 2. The number of amides is 2. The van der Waals surface area contributed by atoms with Gasteiger partial charge in [0.1, 0.15) is 0 Å². The third-order valence-corrected chi connectivity index (χ3v) is 3.79. The van der Waals surface area contributed by atoms with Gasteiger partial charge in [0, 0.05) is 43.4 Å². The molecule has 0 saturated heterocycles. The molecule has 0 fully saturated rings. The van der Waals surface area contributed by atoms with Gasteiger partial charge >= 0.3 is 0 Å². The Hall–Kier alpha value is -1.82. The highest BCUT2D eigenvalue weighted by molar-refractivity contribution is 8.14. The maximum Gasteiger partial charge on any atom is 0.251 e. The van der Waals surface area contributed by atoms with Crippen LogP contribution in [-0.2, 0) is 4.79 Å². The Morgan fingerprint density at radius 3 is 2.50 bits per heavy atom. The number of nitrogens with one attached hydrogen (secondary N) is 2. The van der Waals surface area contributed by atoms with Crippen LogP contribution < -0.4 is 10.6 Å². The molecule has 1 aliphatic rings. The van der Waals surface area contributed by atoms with Crippen LogP contribution in [0.5, 0.6) is 0 Å². The molecule has 0 atom stereocenters. The quantitative estimate of drug-likeness (QED) is 0.797. The van der Waals surface area contributed by atoms with E-state index in [9.17, 15) is 9.59 Å². The topological polar surface area (TPSA) is 70.6 Å². The fraction of sp³-hybridized carbons (Fsp3) is 0.357. The van der Waals surface area contributed by atoms with Crippen molar-refractivity contribution in [2.75, 3.05) is 25.4 Å². The average Bonchev–Trinajstić information content (AvgIpc) is 2.97. The first kappa shape index (κ1) is 14.6. The number of aliphatic imine (C=N–C) groups is 1. The molecule has 0 unspecified atom stereocenters. The van der Waals surface area contributed by atoms with Crippen LogP contribution in [0.1, 0.15) is 22.8 Å². The van der Waals surface area contributed by atoms with E-state index in [4.69, 9.17) is 0 Å². The summed E-state index contributed by atoms with van der Waals surface area (Å²) in [6.45, 7) is 3.17. The van der Waals surface area contributed by atoms with Gasteiger partial charge in [0.2, 0.25) is 5.91 Å². The Bertz CT molecular complexity index is 526. The van der Waals surface area contributed by atoms with Gasteiger partial charge in [-0.1, -0.05) is 12.1 Å². The molecule has 0 spiro atoms. The first-order chi connectivity index (χ1) is 9.66. The first-order valence-corrected chi connectivity index (χ1v) is 7.45. The Kier molecular flexibility index (Phi) is 5.17. The van der Waals surface area contributed by atoms with Gasteiger partial charge in [-0.2, -0.15) is 0 Å². The lowest BCUT2D eigenvalue weighted by molar-refractivity contribution is -0.118. The van der Waals surface area contributed by atoms with E-state index >= 15 is 0 Å². The van der Waals surface area contributed by atoms with Gasteiger partial charge in [0.05, 0.1) is 5.04 Å². The van der Waals surface area contributed by atoms with Gasteiger partial charge < -0.3 is 10.6 Å². The van der Waals surface area contributed by atoms with Crippen molar-refractivity contribution >= 4 is 28.6 Å². The van der Waals surface area contributed by atoms with E-state index in [-0.39, 0.29) is 11.8 Å². The van der Waals surface area contributed by atoms with E-state index in [0.29, 0.717) is 18.7 Å². The van der Waals surface area contributed by atoms with Crippen LogP contribution in [0.3, 0.4) is 0 Å². The van der Waals surface area contributed by atoms with Crippen LogP contribution in [0, 0.1) is 0 Å². The second kappa shape index (κ2) is 7.09. The highest BCUT2D eigenvalue weighted by Gasteiger charge is 2.10. The number of nitrogens with zero attached hydrogens (tertiary/aromatic N) is 1. The normalized spacial score (nSPS) is 13.8. The zero-order valence-corrected chi connectivity index (χ0v) is 12.1. The molecule has 0 aliphatic carbocycles. The van der Waals surface area contributed by atoms with Crippen LogP contribution in [0.2, 0.25) is 0 Å². The van der Waals surface area contributed by atoms with Crippen molar-refractivity contribution < 1.29 is 9.59 Å². The summed E-state index contributed by atoms with van der Waals surface area (Å²) >= 11 is 1.74. The summed E-state index contributed by atoms with van der Waals surface area (Å²) in [5.41, 5.74) is 1.67. The van der Waals surface area contributed by atoms with Crippen molar-refractivity contribution in [1.82, 2.24) is 10.6 Å². The zero-order valence-electron chi connectivity index (χ0n) is 11.3. The smallest absolute Gasteiger partial charge is 0.251 e. The van der Waals surface area contributed by atoms with Crippen molar-refractivity contribution in [3.8, 4) is 0 Å². The lowest BCUT2D eigenvalue weighted by Gasteiger charge is -2.06. The molecule has 2 amide bonds. The number of rotatable bonds is 5. The van der Waals surface area contributed by atoms with Crippen LogP contribution >= 0.6 is 11.8 Å². The average molecular weight is 291 g/mol. The van der Waals surface area contributed by atoms with E-state index in [2.05, 4.69) is 15.6 Å². The molecule has 20 heavy (non-hydrogen) atoms. The molecule has 1 heterocycles. The maximum atomic E-state index is 11.9. The molecule has 106 valence electrons. The molecule has 0 bridgehead atoms. The SMILES string of the molecule is CC(=O)NCCNC(=O)c1ccc(C2=NCCS2)cc1. The molecule has 5 nitrogen and oxygen atoms in total. The summed E-state index contributed by atoms with van der Waals surface area (Å²) in [5, 5.41) is 6.42. The molecule has 1 aromatic rings. The van der Waals surface area contributed by atoms with E-state index < -0.39 is 0 Å². The maximum absolute atomic E-state index is 11.9. The van der Waals surface area contributed by atoms with Crippen LogP contribution in [0.25, 0.3) is 0 Å². The molecule has 2 N–H and O–H groups in total. The highest BCUT2D eigenvalue weighted by atomic mass is 32.2. The summed E-state index contributed by atoms with van der Waals surface area (Å²) in [4.78, 5) is 26.9. The second-order valence-electron chi connectivity index (χ2n) is 4.35. The van der Waals surface area contributed by atoms with E-state index in [1.54, 1.807) is 23.9 Å². The van der Waals surface area contributed by atoms with Crippen molar-refractivity contribution in [1.29, 1.82) is 0 Å². The van der Waals surface area contributed by atoms with Gasteiger partial charge in [-0.15, -0.1) is 11.8 Å². The fourth-order valence-corrected chi connectivity index (χ4v) is 2.65.